The van der Waals surface area contributed by atoms with Crippen molar-refractivity contribution in [2.24, 2.45) is 17.6 Å². The summed E-state index contributed by atoms with van der Waals surface area (Å²) in [5, 5.41) is 0. The molecule has 6 nitrogen and oxygen atoms in total. The third kappa shape index (κ3) is 1.49. The molecule has 3 amide bonds. The van der Waals surface area contributed by atoms with Crippen LogP contribution in [0.5, 0.6) is 0 Å². The normalized spacial score (nSPS) is 29.6. The van der Waals surface area contributed by atoms with Crippen LogP contribution >= 0.6 is 0 Å². The number of nitrogens with two attached hydrogens (primary N) is 1. The SMILES string of the molecule is CN1C(=O)[C@@H]2CCN(C(=O)CN)C[C@H]2C1=O. The zero-order valence-corrected chi connectivity index (χ0v) is 9.18. The first-order valence-electron chi connectivity index (χ1n) is 5.35. The zero-order valence-electron chi connectivity index (χ0n) is 9.18. The van der Waals surface area contributed by atoms with E-state index in [0.29, 0.717) is 19.5 Å². The number of likely N-dealkylation sites (tertiary alicyclic amines) is 2. The zero-order chi connectivity index (χ0) is 11.9. The number of hydrogen-bond donors (Lipinski definition) is 1. The molecule has 16 heavy (non-hydrogen) atoms. The second-order valence-electron chi connectivity index (χ2n) is 4.28. The van der Waals surface area contributed by atoms with Gasteiger partial charge in [-0.2, -0.15) is 0 Å². The molecule has 0 aromatic carbocycles. The van der Waals surface area contributed by atoms with Gasteiger partial charge in [0, 0.05) is 20.1 Å². The third-order valence-corrected chi connectivity index (χ3v) is 3.44. The summed E-state index contributed by atoms with van der Waals surface area (Å²) in [5.41, 5.74) is 5.28. The van der Waals surface area contributed by atoms with Crippen LogP contribution in [0.4, 0.5) is 0 Å². The van der Waals surface area contributed by atoms with Crippen molar-refractivity contribution in [3.8, 4) is 0 Å². The molecule has 2 aliphatic heterocycles. The number of carbonyl (C=O) groups is 3. The van der Waals surface area contributed by atoms with Crippen LogP contribution in [0.3, 0.4) is 0 Å². The van der Waals surface area contributed by atoms with E-state index >= 15 is 0 Å². The second-order valence-corrected chi connectivity index (χ2v) is 4.28. The van der Waals surface area contributed by atoms with Gasteiger partial charge in [0.15, 0.2) is 0 Å². The van der Waals surface area contributed by atoms with E-state index in [1.807, 2.05) is 0 Å². The van der Waals surface area contributed by atoms with E-state index in [1.165, 1.54) is 11.9 Å². The quantitative estimate of drug-likeness (QED) is 0.545. The molecule has 0 bridgehead atoms. The first-order valence-corrected chi connectivity index (χ1v) is 5.35. The Hall–Kier alpha value is -1.43. The fourth-order valence-electron chi connectivity index (χ4n) is 2.46. The van der Waals surface area contributed by atoms with Crippen LogP contribution in [0, 0.1) is 11.8 Å². The minimum absolute atomic E-state index is 0.0463. The minimum atomic E-state index is -0.359. The Morgan fingerprint density at radius 3 is 2.62 bits per heavy atom. The summed E-state index contributed by atoms with van der Waals surface area (Å²) in [7, 11) is 1.50. The lowest BCUT2D eigenvalue weighted by Gasteiger charge is -2.32. The number of piperidine rings is 1. The predicted molar refractivity (Wildman–Crippen MR) is 55.0 cm³/mol. The summed E-state index contributed by atoms with van der Waals surface area (Å²) in [6.07, 6.45) is 0.561. The Morgan fingerprint density at radius 1 is 1.38 bits per heavy atom. The number of rotatable bonds is 1. The van der Waals surface area contributed by atoms with Crippen LogP contribution in [-0.2, 0) is 14.4 Å². The van der Waals surface area contributed by atoms with Gasteiger partial charge in [-0.15, -0.1) is 0 Å². The highest BCUT2D eigenvalue weighted by Gasteiger charge is 2.48. The summed E-state index contributed by atoms with van der Waals surface area (Å²) < 4.78 is 0. The van der Waals surface area contributed by atoms with Crippen LogP contribution in [0.15, 0.2) is 0 Å². The standard InChI is InChI=1S/C10H15N3O3/c1-12-9(15)6-2-3-13(8(14)4-11)5-7(6)10(12)16/h6-7H,2-5,11H2,1H3/t6-,7-/m1/s1. The molecule has 2 aliphatic rings. The molecule has 0 aromatic heterocycles. The number of imide groups is 1. The topological polar surface area (TPSA) is 83.7 Å². The molecule has 0 aromatic rings. The molecule has 0 saturated carbocycles. The highest BCUT2D eigenvalue weighted by atomic mass is 16.2. The Labute approximate surface area is 93.4 Å². The average Bonchev–Trinajstić information content (AvgIpc) is 2.53. The summed E-state index contributed by atoms with van der Waals surface area (Å²) in [5.74, 6) is -1.05. The van der Waals surface area contributed by atoms with Gasteiger partial charge < -0.3 is 10.6 Å². The number of amides is 3. The van der Waals surface area contributed by atoms with Crippen molar-refractivity contribution < 1.29 is 14.4 Å². The van der Waals surface area contributed by atoms with E-state index in [2.05, 4.69) is 0 Å². The average molecular weight is 225 g/mol. The van der Waals surface area contributed by atoms with Gasteiger partial charge in [0.05, 0.1) is 18.4 Å². The maximum absolute atomic E-state index is 11.7. The fourth-order valence-corrected chi connectivity index (χ4v) is 2.46. The summed E-state index contributed by atoms with van der Waals surface area (Å²) in [6, 6.07) is 0. The van der Waals surface area contributed by atoms with Crippen LogP contribution in [0.2, 0.25) is 0 Å². The molecule has 2 fully saturated rings. The molecular weight excluding hydrogens is 210 g/mol. The molecule has 88 valence electrons. The largest absolute Gasteiger partial charge is 0.341 e. The van der Waals surface area contributed by atoms with E-state index in [1.54, 1.807) is 4.90 Å². The Bertz CT molecular complexity index is 355. The van der Waals surface area contributed by atoms with Crippen molar-refractivity contribution in [1.82, 2.24) is 9.80 Å². The number of fused-ring (bicyclic) bond motifs is 1. The molecule has 6 heteroatoms. The highest BCUT2D eigenvalue weighted by molar-refractivity contribution is 6.05. The van der Waals surface area contributed by atoms with Gasteiger partial charge in [-0.1, -0.05) is 0 Å². The van der Waals surface area contributed by atoms with Crippen molar-refractivity contribution >= 4 is 17.7 Å². The van der Waals surface area contributed by atoms with E-state index in [-0.39, 0.29) is 36.1 Å². The molecule has 0 radical (unpaired) electrons. The summed E-state index contributed by atoms with van der Waals surface area (Å²) in [4.78, 5) is 37.6. The van der Waals surface area contributed by atoms with Crippen LogP contribution in [0.1, 0.15) is 6.42 Å². The fraction of sp³-hybridized carbons (Fsp3) is 0.700. The van der Waals surface area contributed by atoms with Gasteiger partial charge in [-0.05, 0) is 6.42 Å². The number of carbonyl (C=O) groups excluding carboxylic acids is 3. The van der Waals surface area contributed by atoms with Crippen LogP contribution in [-0.4, -0.2) is 54.2 Å². The van der Waals surface area contributed by atoms with Gasteiger partial charge in [-0.3, -0.25) is 19.3 Å². The molecule has 2 atom stereocenters. The van der Waals surface area contributed by atoms with Gasteiger partial charge >= 0.3 is 0 Å². The Balaban J connectivity index is 2.13. The van der Waals surface area contributed by atoms with Crippen molar-refractivity contribution in [3.63, 3.8) is 0 Å². The van der Waals surface area contributed by atoms with Crippen molar-refractivity contribution in [2.45, 2.75) is 6.42 Å². The molecule has 2 rings (SSSR count). The van der Waals surface area contributed by atoms with Gasteiger partial charge in [-0.25, -0.2) is 0 Å². The Kier molecular flexibility index (Phi) is 2.67. The minimum Gasteiger partial charge on any atom is -0.341 e. The van der Waals surface area contributed by atoms with E-state index in [4.69, 9.17) is 5.73 Å². The Morgan fingerprint density at radius 2 is 2.00 bits per heavy atom. The van der Waals surface area contributed by atoms with E-state index in [0.717, 1.165) is 0 Å². The summed E-state index contributed by atoms with van der Waals surface area (Å²) in [6.45, 7) is 0.801. The lowest BCUT2D eigenvalue weighted by atomic mass is 9.88. The lowest BCUT2D eigenvalue weighted by molar-refractivity contribution is -0.138. The molecule has 0 spiro atoms. The number of nitrogens with zero attached hydrogens (tertiary/aromatic N) is 2. The maximum Gasteiger partial charge on any atom is 0.236 e. The molecule has 0 unspecified atom stereocenters. The molecule has 2 heterocycles. The second kappa shape index (κ2) is 3.86. The molecule has 0 aliphatic carbocycles. The van der Waals surface area contributed by atoms with E-state index < -0.39 is 0 Å². The molecular formula is C10H15N3O3. The first-order chi connectivity index (χ1) is 7.56. The molecule has 2 N–H and O–H groups in total. The van der Waals surface area contributed by atoms with Gasteiger partial charge in [0.2, 0.25) is 17.7 Å². The maximum atomic E-state index is 11.7. The third-order valence-electron chi connectivity index (χ3n) is 3.44. The predicted octanol–water partition coefficient (Wildman–Crippen LogP) is -1.59. The highest BCUT2D eigenvalue weighted by Crippen LogP contribution is 2.32. The first kappa shape index (κ1) is 11.1. The molecule has 2 saturated heterocycles. The van der Waals surface area contributed by atoms with Crippen molar-refractivity contribution in [2.75, 3.05) is 26.7 Å². The monoisotopic (exact) mass is 225 g/mol. The van der Waals surface area contributed by atoms with Gasteiger partial charge in [0.25, 0.3) is 0 Å². The van der Waals surface area contributed by atoms with Crippen molar-refractivity contribution in [1.29, 1.82) is 0 Å². The van der Waals surface area contributed by atoms with Crippen LogP contribution in [0.25, 0.3) is 0 Å². The summed E-state index contributed by atoms with van der Waals surface area (Å²) >= 11 is 0. The van der Waals surface area contributed by atoms with Crippen LogP contribution < -0.4 is 5.73 Å². The van der Waals surface area contributed by atoms with E-state index in [9.17, 15) is 14.4 Å². The van der Waals surface area contributed by atoms with Gasteiger partial charge in [0.1, 0.15) is 0 Å². The number of hydrogen-bond acceptors (Lipinski definition) is 4. The smallest absolute Gasteiger partial charge is 0.236 e. The van der Waals surface area contributed by atoms with Crippen molar-refractivity contribution in [3.05, 3.63) is 0 Å². The lowest BCUT2D eigenvalue weighted by Crippen LogP contribution is -2.47.